The zero-order valence-corrected chi connectivity index (χ0v) is 18.4. The number of aliphatic hydroxyl groups is 2. The molecule has 6 nitrogen and oxygen atoms in total. The first-order valence-corrected chi connectivity index (χ1v) is 11.3. The fourth-order valence-electron chi connectivity index (χ4n) is 4.60. The molecular weight excluding hydrogens is 409 g/mol. The molecule has 0 bridgehead atoms. The van der Waals surface area contributed by atoms with E-state index in [4.69, 9.17) is 0 Å². The van der Waals surface area contributed by atoms with Crippen molar-refractivity contribution in [3.8, 4) is 0 Å². The van der Waals surface area contributed by atoms with Crippen LogP contribution >= 0.6 is 0 Å². The molecule has 0 radical (unpaired) electrons. The quantitative estimate of drug-likeness (QED) is 0.712. The second-order valence-electron chi connectivity index (χ2n) is 9.05. The lowest BCUT2D eigenvalue weighted by Crippen LogP contribution is -2.62. The van der Waals surface area contributed by atoms with Crippen molar-refractivity contribution in [1.29, 1.82) is 0 Å². The molecule has 0 aliphatic carbocycles. The van der Waals surface area contributed by atoms with Gasteiger partial charge in [0.1, 0.15) is 17.5 Å². The molecule has 2 N–H and O–H groups in total. The van der Waals surface area contributed by atoms with Gasteiger partial charge in [0.2, 0.25) is 5.91 Å². The minimum atomic E-state index is -1.21. The van der Waals surface area contributed by atoms with Gasteiger partial charge >= 0.3 is 0 Å². The van der Waals surface area contributed by atoms with Crippen molar-refractivity contribution >= 4 is 5.91 Å². The van der Waals surface area contributed by atoms with Crippen LogP contribution in [-0.4, -0.2) is 88.3 Å². The molecule has 4 rings (SSSR count). The molecule has 0 spiro atoms. The van der Waals surface area contributed by atoms with Crippen molar-refractivity contribution in [1.82, 2.24) is 14.7 Å². The first-order valence-electron chi connectivity index (χ1n) is 11.3. The molecule has 32 heavy (non-hydrogen) atoms. The van der Waals surface area contributed by atoms with Gasteiger partial charge in [-0.3, -0.25) is 14.6 Å². The highest BCUT2D eigenvalue weighted by atomic mass is 19.1. The summed E-state index contributed by atoms with van der Waals surface area (Å²) in [5, 5.41) is 21.8. The van der Waals surface area contributed by atoms with Gasteiger partial charge in [-0.05, 0) is 29.7 Å². The fourth-order valence-corrected chi connectivity index (χ4v) is 4.60. The Labute approximate surface area is 188 Å². The number of nitrogens with zero attached hydrogens (tertiary/aromatic N) is 3. The van der Waals surface area contributed by atoms with Crippen LogP contribution in [0.5, 0.6) is 0 Å². The molecule has 2 aliphatic rings. The Morgan fingerprint density at radius 2 is 1.59 bits per heavy atom. The molecule has 2 atom stereocenters. The maximum Gasteiger partial charge on any atom is 0.227 e. The minimum Gasteiger partial charge on any atom is -0.388 e. The summed E-state index contributed by atoms with van der Waals surface area (Å²) in [5.41, 5.74) is 0.829. The van der Waals surface area contributed by atoms with Crippen LogP contribution in [0.25, 0.3) is 0 Å². The summed E-state index contributed by atoms with van der Waals surface area (Å²) in [6, 6.07) is 16.2. The van der Waals surface area contributed by atoms with Crippen LogP contribution in [0.2, 0.25) is 0 Å². The van der Waals surface area contributed by atoms with E-state index < -0.39 is 11.7 Å². The molecule has 7 heteroatoms. The molecule has 0 saturated carbocycles. The van der Waals surface area contributed by atoms with E-state index in [1.807, 2.05) is 42.5 Å². The number of benzene rings is 2. The number of aliphatic hydroxyl groups excluding tert-OH is 1. The van der Waals surface area contributed by atoms with E-state index in [-0.39, 0.29) is 18.3 Å². The van der Waals surface area contributed by atoms with Gasteiger partial charge in [0.25, 0.3) is 0 Å². The van der Waals surface area contributed by atoms with Crippen LogP contribution in [0.15, 0.2) is 54.6 Å². The van der Waals surface area contributed by atoms with Gasteiger partial charge in [-0.1, -0.05) is 42.5 Å². The summed E-state index contributed by atoms with van der Waals surface area (Å²) < 4.78 is 13.1. The van der Waals surface area contributed by atoms with Gasteiger partial charge in [-0.2, -0.15) is 0 Å². The third kappa shape index (κ3) is 5.72. The minimum absolute atomic E-state index is 0.0216. The normalized spacial score (nSPS) is 25.1. The number of halogens is 1. The molecule has 2 fully saturated rings. The Morgan fingerprint density at radius 3 is 2.25 bits per heavy atom. The van der Waals surface area contributed by atoms with E-state index in [0.717, 1.165) is 43.9 Å². The van der Waals surface area contributed by atoms with Crippen LogP contribution in [0.3, 0.4) is 0 Å². The number of hydrogen-bond donors (Lipinski definition) is 2. The second kappa shape index (κ2) is 10.1. The molecule has 2 saturated heterocycles. The van der Waals surface area contributed by atoms with Crippen molar-refractivity contribution in [3.05, 3.63) is 71.5 Å². The van der Waals surface area contributed by atoms with Crippen molar-refractivity contribution in [2.75, 3.05) is 45.8 Å². The molecule has 2 aliphatic heterocycles. The summed E-state index contributed by atoms with van der Waals surface area (Å²) in [5.74, 6) is -0.245. The van der Waals surface area contributed by atoms with E-state index >= 15 is 0 Å². The molecule has 172 valence electrons. The number of piperazine rings is 1. The Morgan fingerprint density at radius 1 is 0.938 bits per heavy atom. The molecule has 0 unspecified atom stereocenters. The van der Waals surface area contributed by atoms with E-state index in [1.54, 1.807) is 4.90 Å². The highest BCUT2D eigenvalue weighted by Crippen LogP contribution is 2.25. The van der Waals surface area contributed by atoms with Gasteiger partial charge in [0.15, 0.2) is 0 Å². The highest BCUT2D eigenvalue weighted by Gasteiger charge is 2.43. The number of β-amino-alcohol motifs (C(OH)–C–C–N with tert-alkyl or cyclic N) is 2. The zero-order valence-electron chi connectivity index (χ0n) is 18.4. The third-order valence-electron chi connectivity index (χ3n) is 6.66. The average Bonchev–Trinajstić information content (AvgIpc) is 2.79. The van der Waals surface area contributed by atoms with Crippen molar-refractivity contribution < 1.29 is 19.4 Å². The Hall–Kier alpha value is -2.32. The van der Waals surface area contributed by atoms with Crippen LogP contribution in [0.1, 0.15) is 17.5 Å². The zero-order chi connectivity index (χ0) is 22.6. The molecule has 0 aromatic heterocycles. The molecule has 2 heterocycles. The van der Waals surface area contributed by atoms with E-state index in [9.17, 15) is 19.4 Å². The largest absolute Gasteiger partial charge is 0.388 e. The number of likely N-dealkylation sites (tertiary alicyclic amines) is 1. The Kier molecular flexibility index (Phi) is 7.20. The number of hydrogen-bond acceptors (Lipinski definition) is 5. The lowest BCUT2D eigenvalue weighted by molar-refractivity contribution is -0.154. The van der Waals surface area contributed by atoms with Gasteiger partial charge < -0.3 is 15.1 Å². The van der Waals surface area contributed by atoms with Gasteiger partial charge in [-0.25, -0.2) is 4.39 Å². The fraction of sp³-hybridized carbons (Fsp3) is 0.480. The SMILES string of the molecule is O=C(Cc1ccccc1)N1CC[C@](O)(CN2CCN(Cc3ccc(F)cc3)CC2)[C@@H](O)C1. The second-order valence-corrected chi connectivity index (χ2v) is 9.05. The van der Waals surface area contributed by atoms with Crippen LogP contribution in [0, 0.1) is 5.82 Å². The first kappa shape index (κ1) is 22.9. The Bertz CT molecular complexity index is 887. The predicted octanol–water partition coefficient (Wildman–Crippen LogP) is 1.51. The monoisotopic (exact) mass is 441 g/mol. The van der Waals surface area contributed by atoms with Gasteiger partial charge in [-0.15, -0.1) is 0 Å². The summed E-state index contributed by atoms with van der Waals surface area (Å²) in [7, 11) is 0. The topological polar surface area (TPSA) is 67.3 Å². The maximum absolute atomic E-state index is 13.1. The highest BCUT2D eigenvalue weighted by molar-refractivity contribution is 5.79. The number of carbonyl (C=O) groups excluding carboxylic acids is 1. The first-order chi connectivity index (χ1) is 15.4. The number of piperidine rings is 1. The molecule has 2 aromatic carbocycles. The van der Waals surface area contributed by atoms with Crippen LogP contribution in [-0.2, 0) is 17.8 Å². The maximum atomic E-state index is 13.1. The van der Waals surface area contributed by atoms with Crippen LogP contribution < -0.4 is 0 Å². The van der Waals surface area contributed by atoms with E-state index in [0.29, 0.717) is 25.9 Å². The lowest BCUT2D eigenvalue weighted by atomic mass is 9.87. The van der Waals surface area contributed by atoms with Gasteiger partial charge in [0.05, 0.1) is 6.42 Å². The Balaban J connectivity index is 1.24. The lowest BCUT2D eigenvalue weighted by Gasteiger charge is -2.46. The molecule has 2 aromatic rings. The summed E-state index contributed by atoms with van der Waals surface area (Å²) >= 11 is 0. The summed E-state index contributed by atoms with van der Waals surface area (Å²) in [4.78, 5) is 18.8. The molecular formula is C25H32FN3O3. The predicted molar refractivity (Wildman–Crippen MR) is 120 cm³/mol. The van der Waals surface area contributed by atoms with Crippen molar-refractivity contribution in [2.45, 2.75) is 31.1 Å². The van der Waals surface area contributed by atoms with Crippen molar-refractivity contribution in [2.24, 2.45) is 0 Å². The number of amides is 1. The number of rotatable bonds is 6. The third-order valence-corrected chi connectivity index (χ3v) is 6.66. The molecule has 1 amide bonds. The van der Waals surface area contributed by atoms with Crippen molar-refractivity contribution in [3.63, 3.8) is 0 Å². The summed E-state index contributed by atoms with van der Waals surface area (Å²) in [6.07, 6.45) is -0.292. The average molecular weight is 442 g/mol. The number of carbonyl (C=O) groups is 1. The smallest absolute Gasteiger partial charge is 0.227 e. The van der Waals surface area contributed by atoms with Crippen LogP contribution in [0.4, 0.5) is 4.39 Å². The van der Waals surface area contributed by atoms with Gasteiger partial charge in [0, 0.05) is 52.4 Å². The van der Waals surface area contributed by atoms with E-state index in [1.165, 1.54) is 12.1 Å². The standard InChI is InChI=1S/C25H32FN3O3/c26-22-8-6-21(7-9-22)17-27-12-14-28(15-13-27)19-25(32)10-11-29(18-23(25)30)24(31)16-20-4-2-1-3-5-20/h1-9,23,30,32H,10-19H2/t23-,25-/m0/s1. The summed E-state index contributed by atoms with van der Waals surface area (Å²) in [6.45, 7) is 5.09. The van der Waals surface area contributed by atoms with E-state index in [2.05, 4.69) is 9.80 Å².